The number of benzene rings is 2. The van der Waals surface area contributed by atoms with E-state index in [-0.39, 0.29) is 0 Å². The SMILES string of the molecule is Brc1cccc2c1C=CC2.CC(C)I.CC(C)n1ccc2c(Br)cccc21. The Bertz CT molecular complexity index is 907. The van der Waals surface area contributed by atoms with E-state index in [1.807, 2.05) is 0 Å². The van der Waals surface area contributed by atoms with Crippen molar-refractivity contribution in [2.24, 2.45) is 0 Å². The molecule has 0 unspecified atom stereocenters. The maximum atomic E-state index is 3.55. The van der Waals surface area contributed by atoms with Gasteiger partial charge < -0.3 is 4.57 Å². The molecule has 0 saturated carbocycles. The summed E-state index contributed by atoms with van der Waals surface area (Å²) in [5, 5.41) is 1.29. The Morgan fingerprint density at radius 2 is 1.56 bits per heavy atom. The van der Waals surface area contributed by atoms with Crippen molar-refractivity contribution in [2.45, 2.75) is 44.1 Å². The third-order valence-electron chi connectivity index (χ3n) is 4.03. The second kappa shape index (κ2) is 10.8. The molecular weight excluding hydrogens is 577 g/mol. The van der Waals surface area contributed by atoms with Gasteiger partial charge in [-0.25, -0.2) is 0 Å². The second-order valence-corrected chi connectivity index (χ2v) is 11.1. The van der Waals surface area contributed by atoms with Crippen LogP contribution < -0.4 is 0 Å². The molecule has 1 heterocycles. The maximum Gasteiger partial charge on any atom is 0.0494 e. The number of hydrogen-bond donors (Lipinski definition) is 0. The van der Waals surface area contributed by atoms with Gasteiger partial charge in [0.15, 0.2) is 0 Å². The second-order valence-electron chi connectivity index (χ2n) is 6.92. The topological polar surface area (TPSA) is 4.93 Å². The molecule has 0 fully saturated rings. The van der Waals surface area contributed by atoms with Crippen LogP contribution >= 0.6 is 54.5 Å². The third kappa shape index (κ3) is 6.47. The summed E-state index contributed by atoms with van der Waals surface area (Å²) in [5.74, 6) is 0. The first-order valence-corrected chi connectivity index (χ1v) is 12.0. The minimum atomic E-state index is 0.520. The lowest BCUT2D eigenvalue weighted by Crippen LogP contribution is -1.97. The molecule has 1 aliphatic carbocycles. The minimum absolute atomic E-state index is 0.520. The lowest BCUT2D eigenvalue weighted by molar-refractivity contribution is 0.623. The Balaban J connectivity index is 0.000000166. The van der Waals surface area contributed by atoms with Gasteiger partial charge in [-0.3, -0.25) is 0 Å². The lowest BCUT2D eigenvalue weighted by atomic mass is 10.1. The van der Waals surface area contributed by atoms with Gasteiger partial charge in [-0.2, -0.15) is 0 Å². The highest BCUT2D eigenvalue weighted by molar-refractivity contribution is 14.1. The Morgan fingerprint density at radius 1 is 0.926 bits per heavy atom. The van der Waals surface area contributed by atoms with Crippen molar-refractivity contribution in [3.63, 3.8) is 0 Å². The smallest absolute Gasteiger partial charge is 0.0494 e. The highest BCUT2D eigenvalue weighted by Gasteiger charge is 2.06. The molecule has 1 aromatic heterocycles. The first-order valence-electron chi connectivity index (χ1n) is 9.14. The van der Waals surface area contributed by atoms with Gasteiger partial charge in [0, 0.05) is 36.0 Å². The molecular formula is C23H26Br2IN. The molecule has 0 bridgehead atoms. The first kappa shape index (κ1) is 22.7. The Labute approximate surface area is 193 Å². The van der Waals surface area contributed by atoms with Crippen LogP contribution in [-0.4, -0.2) is 8.49 Å². The van der Waals surface area contributed by atoms with Gasteiger partial charge >= 0.3 is 0 Å². The first-order chi connectivity index (χ1) is 12.8. The van der Waals surface area contributed by atoms with Crippen molar-refractivity contribution < 1.29 is 0 Å². The van der Waals surface area contributed by atoms with Crippen LogP contribution in [0.25, 0.3) is 17.0 Å². The average Bonchev–Trinajstić information content (AvgIpc) is 3.22. The molecule has 0 aliphatic heterocycles. The largest absolute Gasteiger partial charge is 0.345 e. The van der Waals surface area contributed by atoms with Crippen LogP contribution in [0.1, 0.15) is 44.9 Å². The zero-order valence-electron chi connectivity index (χ0n) is 16.2. The fraction of sp³-hybridized carbons (Fsp3) is 0.304. The monoisotopic (exact) mass is 601 g/mol. The molecule has 3 aromatic rings. The third-order valence-corrected chi connectivity index (χ3v) is 5.41. The summed E-state index contributed by atoms with van der Waals surface area (Å²) in [4.78, 5) is 0. The molecule has 0 spiro atoms. The number of allylic oxidation sites excluding steroid dienone is 1. The Hall–Kier alpha value is -0.590. The quantitative estimate of drug-likeness (QED) is 0.194. The van der Waals surface area contributed by atoms with E-state index in [0.29, 0.717) is 6.04 Å². The number of aromatic nitrogens is 1. The van der Waals surface area contributed by atoms with Crippen LogP contribution in [0.4, 0.5) is 0 Å². The highest BCUT2D eigenvalue weighted by atomic mass is 127. The molecule has 27 heavy (non-hydrogen) atoms. The molecule has 0 N–H and O–H groups in total. The van der Waals surface area contributed by atoms with Crippen LogP contribution in [0.3, 0.4) is 0 Å². The summed E-state index contributed by atoms with van der Waals surface area (Å²) < 4.78 is 5.46. The molecule has 0 amide bonds. The van der Waals surface area contributed by atoms with Gasteiger partial charge in [-0.05, 0) is 55.7 Å². The van der Waals surface area contributed by atoms with E-state index in [1.54, 1.807) is 0 Å². The minimum Gasteiger partial charge on any atom is -0.345 e. The molecule has 1 nitrogen and oxygen atoms in total. The molecule has 4 rings (SSSR count). The van der Waals surface area contributed by atoms with Gasteiger partial charge in [0.2, 0.25) is 0 Å². The van der Waals surface area contributed by atoms with Crippen molar-refractivity contribution in [1.82, 2.24) is 4.57 Å². The molecule has 4 heteroatoms. The lowest BCUT2D eigenvalue weighted by Gasteiger charge is -2.08. The fourth-order valence-electron chi connectivity index (χ4n) is 2.85. The van der Waals surface area contributed by atoms with E-state index in [2.05, 4.69) is 148 Å². The summed E-state index contributed by atoms with van der Waals surface area (Å²) in [6, 6.07) is 15.3. The highest BCUT2D eigenvalue weighted by Crippen LogP contribution is 2.27. The van der Waals surface area contributed by atoms with Gasteiger partial charge in [-0.15, -0.1) is 0 Å². The van der Waals surface area contributed by atoms with Gasteiger partial charge in [0.1, 0.15) is 0 Å². The summed E-state index contributed by atoms with van der Waals surface area (Å²) in [7, 11) is 0. The zero-order chi connectivity index (χ0) is 20.0. The fourth-order valence-corrected chi connectivity index (χ4v) is 3.88. The molecule has 1 aliphatic rings. The average molecular weight is 603 g/mol. The Kier molecular flexibility index (Phi) is 9.09. The summed E-state index contributed by atoms with van der Waals surface area (Å²) in [6.07, 6.45) is 7.59. The Morgan fingerprint density at radius 3 is 2.19 bits per heavy atom. The number of nitrogens with zero attached hydrogens (tertiary/aromatic N) is 1. The van der Waals surface area contributed by atoms with Gasteiger partial charge in [0.25, 0.3) is 0 Å². The van der Waals surface area contributed by atoms with E-state index >= 15 is 0 Å². The summed E-state index contributed by atoms with van der Waals surface area (Å²) in [6.45, 7) is 8.70. The number of fused-ring (bicyclic) bond motifs is 2. The van der Waals surface area contributed by atoms with E-state index in [4.69, 9.17) is 0 Å². The number of alkyl halides is 1. The van der Waals surface area contributed by atoms with E-state index in [0.717, 1.165) is 10.3 Å². The van der Waals surface area contributed by atoms with E-state index < -0.39 is 0 Å². The molecule has 144 valence electrons. The van der Waals surface area contributed by atoms with Crippen molar-refractivity contribution in [3.8, 4) is 0 Å². The number of halogens is 3. The van der Waals surface area contributed by atoms with Crippen LogP contribution in [0.5, 0.6) is 0 Å². The van der Waals surface area contributed by atoms with Crippen LogP contribution in [-0.2, 0) is 6.42 Å². The maximum absolute atomic E-state index is 3.55. The predicted molar refractivity (Wildman–Crippen MR) is 136 cm³/mol. The van der Waals surface area contributed by atoms with E-state index in [1.165, 1.54) is 31.0 Å². The van der Waals surface area contributed by atoms with Gasteiger partial charge in [0.05, 0.1) is 0 Å². The number of rotatable bonds is 1. The molecule has 0 saturated heterocycles. The van der Waals surface area contributed by atoms with Crippen LogP contribution in [0.15, 0.2) is 63.7 Å². The standard InChI is InChI=1S/C11H12BrN.C9H7Br.C3H7I/c1-8(2)13-7-6-9-10(12)4-3-5-11(9)13;10-9-6-2-4-7-3-1-5-8(7)9;1-3(2)4/h3-8H,1-2H3;1-2,4-6H,3H2;3H,1-2H3. The summed E-state index contributed by atoms with van der Waals surface area (Å²) in [5.41, 5.74) is 4.07. The van der Waals surface area contributed by atoms with Crippen molar-refractivity contribution >= 4 is 71.4 Å². The van der Waals surface area contributed by atoms with Crippen molar-refractivity contribution in [1.29, 1.82) is 0 Å². The predicted octanol–water partition coefficient (Wildman–Crippen LogP) is 8.83. The molecule has 0 atom stereocenters. The number of hydrogen-bond acceptors (Lipinski definition) is 0. The van der Waals surface area contributed by atoms with Crippen molar-refractivity contribution in [3.05, 3.63) is 74.8 Å². The van der Waals surface area contributed by atoms with Gasteiger partial charge in [-0.1, -0.05) is 98.6 Å². The molecule has 2 aromatic carbocycles. The molecule has 0 radical (unpaired) electrons. The van der Waals surface area contributed by atoms with Crippen molar-refractivity contribution in [2.75, 3.05) is 0 Å². The normalized spacial score (nSPS) is 11.9. The van der Waals surface area contributed by atoms with E-state index in [9.17, 15) is 0 Å². The zero-order valence-corrected chi connectivity index (χ0v) is 21.5. The van der Waals surface area contributed by atoms with Crippen LogP contribution in [0.2, 0.25) is 0 Å². The van der Waals surface area contributed by atoms with Crippen LogP contribution in [0, 0.1) is 0 Å². The summed E-state index contributed by atoms with van der Waals surface area (Å²) >= 11 is 9.39.